The number of nitrogens with one attached hydrogen (secondary N) is 1. The van der Waals surface area contributed by atoms with Crippen LogP contribution in [0.5, 0.6) is 5.75 Å². The predicted molar refractivity (Wildman–Crippen MR) is 99.5 cm³/mol. The van der Waals surface area contributed by atoms with Crippen molar-refractivity contribution < 1.29 is 9.53 Å². The Balaban J connectivity index is 2.29. The summed E-state index contributed by atoms with van der Waals surface area (Å²) in [5.74, 6) is 1.78. The number of nitrogens with zero attached hydrogens (tertiary/aromatic N) is 3. The number of ether oxygens (including phenoxy) is 1. The maximum atomic E-state index is 12.8. The van der Waals surface area contributed by atoms with E-state index in [-0.39, 0.29) is 5.91 Å². The fourth-order valence-electron chi connectivity index (χ4n) is 2.64. The lowest BCUT2D eigenvalue weighted by Gasteiger charge is -2.21. The van der Waals surface area contributed by atoms with Gasteiger partial charge in [0, 0.05) is 19.2 Å². The smallest absolute Gasteiger partial charge is 0.272 e. The molecule has 1 amide bonds. The number of aryl methyl sites for hydroxylation is 1. The van der Waals surface area contributed by atoms with Gasteiger partial charge in [0.2, 0.25) is 0 Å². The normalized spacial score (nSPS) is 10.4. The summed E-state index contributed by atoms with van der Waals surface area (Å²) in [5, 5.41) is 3.22. The van der Waals surface area contributed by atoms with E-state index < -0.39 is 0 Å². The van der Waals surface area contributed by atoms with Crippen molar-refractivity contribution in [1.29, 1.82) is 0 Å². The number of anilines is 2. The van der Waals surface area contributed by atoms with Crippen LogP contribution in [0.3, 0.4) is 0 Å². The molecule has 0 spiro atoms. The minimum absolute atomic E-state index is 0.0581. The first-order valence-corrected chi connectivity index (χ1v) is 8.64. The van der Waals surface area contributed by atoms with Crippen molar-refractivity contribution in [3.05, 3.63) is 41.9 Å². The number of amides is 1. The van der Waals surface area contributed by atoms with Gasteiger partial charge in [-0.25, -0.2) is 9.97 Å². The number of hydrogen-bond acceptors (Lipinski definition) is 5. The number of rotatable bonds is 8. The van der Waals surface area contributed by atoms with E-state index in [1.54, 1.807) is 20.1 Å². The summed E-state index contributed by atoms with van der Waals surface area (Å²) in [5.41, 5.74) is 1.20. The zero-order valence-corrected chi connectivity index (χ0v) is 15.4. The molecule has 0 fully saturated rings. The molecule has 0 aliphatic rings. The Kier molecular flexibility index (Phi) is 6.74. The Bertz CT molecular complexity index is 712. The van der Waals surface area contributed by atoms with Crippen LogP contribution in [0, 0.1) is 6.92 Å². The van der Waals surface area contributed by atoms with Gasteiger partial charge in [0.05, 0.1) is 12.8 Å². The van der Waals surface area contributed by atoms with Gasteiger partial charge in [0.15, 0.2) is 0 Å². The van der Waals surface area contributed by atoms with Crippen LogP contribution in [0.1, 0.15) is 43.0 Å². The number of aromatic nitrogens is 2. The number of carbonyl (C=O) groups is 1. The number of benzene rings is 1. The standard InChI is InChI=1S/C19H26N4O2/c1-5-11-23(12-6-2)19(24)16-13-18(21-14(3)20-16)22-15-9-7-8-10-17(15)25-4/h7-10,13H,5-6,11-12H2,1-4H3,(H,20,21,22). The van der Waals surface area contributed by atoms with Crippen LogP contribution in [-0.2, 0) is 0 Å². The lowest BCUT2D eigenvalue weighted by atomic mass is 10.2. The average molecular weight is 342 g/mol. The first-order chi connectivity index (χ1) is 12.1. The second-order valence-electron chi connectivity index (χ2n) is 5.80. The molecule has 1 heterocycles. The molecule has 6 nitrogen and oxygen atoms in total. The first kappa shape index (κ1) is 18.7. The molecule has 0 radical (unpaired) electrons. The van der Waals surface area contributed by atoms with Gasteiger partial charge in [-0.3, -0.25) is 4.79 Å². The molecule has 1 N–H and O–H groups in total. The van der Waals surface area contributed by atoms with E-state index in [1.807, 2.05) is 29.2 Å². The third kappa shape index (κ3) is 4.92. The molecule has 0 saturated heterocycles. The maximum Gasteiger partial charge on any atom is 0.272 e. The molecular weight excluding hydrogens is 316 g/mol. The van der Waals surface area contributed by atoms with Gasteiger partial charge in [-0.1, -0.05) is 26.0 Å². The minimum atomic E-state index is -0.0581. The van der Waals surface area contributed by atoms with E-state index in [2.05, 4.69) is 29.1 Å². The molecule has 0 aliphatic carbocycles. The largest absolute Gasteiger partial charge is 0.495 e. The molecule has 1 aromatic carbocycles. The van der Waals surface area contributed by atoms with Crippen LogP contribution in [0.4, 0.5) is 11.5 Å². The SMILES string of the molecule is CCCN(CCC)C(=O)c1cc(Nc2ccccc2OC)nc(C)n1. The zero-order valence-electron chi connectivity index (χ0n) is 15.4. The molecule has 25 heavy (non-hydrogen) atoms. The molecule has 0 atom stereocenters. The van der Waals surface area contributed by atoms with Crippen LogP contribution in [0.15, 0.2) is 30.3 Å². The van der Waals surface area contributed by atoms with Crippen molar-refractivity contribution in [2.75, 3.05) is 25.5 Å². The lowest BCUT2D eigenvalue weighted by molar-refractivity contribution is 0.0749. The predicted octanol–water partition coefficient (Wildman–Crippen LogP) is 3.80. The summed E-state index contributed by atoms with van der Waals surface area (Å²) in [6.45, 7) is 7.37. The highest BCUT2D eigenvalue weighted by molar-refractivity contribution is 5.93. The van der Waals surface area contributed by atoms with Gasteiger partial charge in [-0.15, -0.1) is 0 Å². The van der Waals surface area contributed by atoms with Crippen molar-refractivity contribution in [2.24, 2.45) is 0 Å². The molecule has 0 aliphatic heterocycles. The van der Waals surface area contributed by atoms with Crippen molar-refractivity contribution in [3.8, 4) is 5.75 Å². The van der Waals surface area contributed by atoms with Crippen molar-refractivity contribution >= 4 is 17.4 Å². The molecule has 0 bridgehead atoms. The molecule has 134 valence electrons. The minimum Gasteiger partial charge on any atom is -0.495 e. The maximum absolute atomic E-state index is 12.8. The van der Waals surface area contributed by atoms with Crippen LogP contribution in [0.2, 0.25) is 0 Å². The number of hydrogen-bond donors (Lipinski definition) is 1. The fraction of sp³-hybridized carbons (Fsp3) is 0.421. The highest BCUT2D eigenvalue weighted by Gasteiger charge is 2.17. The van der Waals surface area contributed by atoms with Crippen LogP contribution >= 0.6 is 0 Å². The fourth-order valence-corrected chi connectivity index (χ4v) is 2.64. The summed E-state index contributed by atoms with van der Waals surface area (Å²) in [6, 6.07) is 9.28. The Morgan fingerprint density at radius 3 is 2.48 bits per heavy atom. The van der Waals surface area contributed by atoms with Crippen LogP contribution in [-0.4, -0.2) is 41.0 Å². The molecular formula is C19H26N4O2. The van der Waals surface area contributed by atoms with Gasteiger partial charge < -0.3 is 15.0 Å². The second kappa shape index (κ2) is 9.01. The Morgan fingerprint density at radius 1 is 1.16 bits per heavy atom. The van der Waals surface area contributed by atoms with E-state index in [9.17, 15) is 4.79 Å². The molecule has 2 rings (SSSR count). The van der Waals surface area contributed by atoms with E-state index >= 15 is 0 Å². The highest BCUT2D eigenvalue weighted by Crippen LogP contribution is 2.26. The number of methoxy groups -OCH3 is 1. The van der Waals surface area contributed by atoms with Crippen molar-refractivity contribution in [1.82, 2.24) is 14.9 Å². The summed E-state index contributed by atoms with van der Waals surface area (Å²) in [6.07, 6.45) is 1.84. The first-order valence-electron chi connectivity index (χ1n) is 8.64. The lowest BCUT2D eigenvalue weighted by Crippen LogP contribution is -2.33. The Morgan fingerprint density at radius 2 is 1.84 bits per heavy atom. The van der Waals surface area contributed by atoms with E-state index in [0.29, 0.717) is 23.1 Å². The van der Waals surface area contributed by atoms with E-state index in [1.165, 1.54) is 0 Å². The molecule has 6 heteroatoms. The summed E-state index contributed by atoms with van der Waals surface area (Å²) in [4.78, 5) is 23.3. The van der Waals surface area contributed by atoms with Crippen molar-refractivity contribution in [2.45, 2.75) is 33.6 Å². The van der Waals surface area contributed by atoms with Gasteiger partial charge in [0.1, 0.15) is 23.1 Å². The van der Waals surface area contributed by atoms with Crippen molar-refractivity contribution in [3.63, 3.8) is 0 Å². The average Bonchev–Trinajstić information content (AvgIpc) is 2.61. The monoisotopic (exact) mass is 342 g/mol. The number of carbonyl (C=O) groups excluding carboxylic acids is 1. The number of para-hydroxylation sites is 2. The molecule has 0 unspecified atom stereocenters. The van der Waals surface area contributed by atoms with Crippen LogP contribution in [0.25, 0.3) is 0 Å². The third-order valence-electron chi connectivity index (χ3n) is 3.70. The quantitative estimate of drug-likeness (QED) is 0.790. The van der Waals surface area contributed by atoms with Gasteiger partial charge in [-0.05, 0) is 31.9 Å². The van der Waals surface area contributed by atoms with E-state index in [4.69, 9.17) is 4.74 Å². The van der Waals surface area contributed by atoms with Gasteiger partial charge >= 0.3 is 0 Å². The summed E-state index contributed by atoms with van der Waals surface area (Å²) >= 11 is 0. The summed E-state index contributed by atoms with van der Waals surface area (Å²) < 4.78 is 5.35. The molecule has 2 aromatic rings. The molecule has 0 saturated carbocycles. The second-order valence-corrected chi connectivity index (χ2v) is 5.80. The topological polar surface area (TPSA) is 67.4 Å². The van der Waals surface area contributed by atoms with E-state index in [0.717, 1.165) is 31.6 Å². The Hall–Kier alpha value is -2.63. The van der Waals surface area contributed by atoms with Gasteiger partial charge in [0.25, 0.3) is 5.91 Å². The zero-order chi connectivity index (χ0) is 18.2. The Labute approximate surface area is 149 Å². The third-order valence-corrected chi connectivity index (χ3v) is 3.70. The molecule has 1 aromatic heterocycles. The highest BCUT2D eigenvalue weighted by atomic mass is 16.5. The summed E-state index contributed by atoms with van der Waals surface area (Å²) in [7, 11) is 1.62. The van der Waals surface area contributed by atoms with Gasteiger partial charge in [-0.2, -0.15) is 0 Å². The van der Waals surface area contributed by atoms with Crippen LogP contribution < -0.4 is 10.1 Å².